The second kappa shape index (κ2) is 13.9. The predicted molar refractivity (Wildman–Crippen MR) is 159 cm³/mol. The maximum Gasteiger partial charge on any atom is 0.490 e. The molecule has 5 rings (SSSR count). The van der Waals surface area contributed by atoms with Crippen LogP contribution in [0.5, 0.6) is 0 Å². The Balaban J connectivity index is 0.000000566. The lowest BCUT2D eigenvalue weighted by atomic mass is 10.0. The van der Waals surface area contributed by atoms with Crippen molar-refractivity contribution in [1.29, 1.82) is 0 Å². The molecule has 0 fully saturated rings. The minimum Gasteiger partial charge on any atom is -0.475 e. The van der Waals surface area contributed by atoms with E-state index in [9.17, 15) is 22.4 Å². The Kier molecular flexibility index (Phi) is 10.1. The molecule has 2 aromatic carbocycles. The SMILES string of the molecule is CC[C@H](NC(=O)c1cccnc1NCc1ccc(-c2ccc3ncnc(N)c3c2)s1)c1cccc(F)c1.O=C(O)C(F)(F)F. The van der Waals surface area contributed by atoms with Crippen LogP contribution in [0.1, 0.15) is 40.2 Å². The molecule has 0 aliphatic heterocycles. The van der Waals surface area contributed by atoms with Crippen LogP contribution in [0.25, 0.3) is 21.3 Å². The van der Waals surface area contributed by atoms with Crippen molar-refractivity contribution >= 4 is 45.8 Å². The summed E-state index contributed by atoms with van der Waals surface area (Å²) in [4.78, 5) is 36.9. The number of rotatable bonds is 8. The van der Waals surface area contributed by atoms with Crippen molar-refractivity contribution in [3.05, 3.63) is 101 Å². The maximum absolute atomic E-state index is 13.7. The lowest BCUT2D eigenvalue weighted by Gasteiger charge is -2.18. The van der Waals surface area contributed by atoms with E-state index < -0.39 is 12.1 Å². The highest BCUT2D eigenvalue weighted by atomic mass is 32.1. The van der Waals surface area contributed by atoms with Crippen LogP contribution in [-0.2, 0) is 11.3 Å². The Hall–Kier alpha value is -5.11. The number of carboxylic acids is 1. The molecule has 0 bridgehead atoms. The summed E-state index contributed by atoms with van der Waals surface area (Å²) in [6, 6.07) is 19.5. The lowest BCUT2D eigenvalue weighted by Crippen LogP contribution is -2.29. The first-order valence-electron chi connectivity index (χ1n) is 13.1. The molecule has 1 amide bonds. The fourth-order valence-corrected chi connectivity index (χ4v) is 5.08. The van der Waals surface area contributed by atoms with E-state index in [0.717, 1.165) is 31.8 Å². The number of thiophene rings is 1. The molecule has 3 aromatic heterocycles. The van der Waals surface area contributed by atoms with Crippen LogP contribution < -0.4 is 16.4 Å². The van der Waals surface area contributed by atoms with Gasteiger partial charge in [-0.1, -0.05) is 25.1 Å². The number of pyridine rings is 1. The van der Waals surface area contributed by atoms with Crippen LogP contribution >= 0.6 is 11.3 Å². The first-order valence-corrected chi connectivity index (χ1v) is 13.9. The molecule has 0 unspecified atom stereocenters. The number of nitrogen functional groups attached to an aromatic ring is 1. The van der Waals surface area contributed by atoms with Crippen LogP contribution in [0, 0.1) is 5.82 Å². The first kappa shape index (κ1) is 31.8. The topological polar surface area (TPSA) is 143 Å². The molecule has 14 heteroatoms. The van der Waals surface area contributed by atoms with Gasteiger partial charge < -0.3 is 21.5 Å². The largest absolute Gasteiger partial charge is 0.490 e. The lowest BCUT2D eigenvalue weighted by molar-refractivity contribution is -0.192. The average molecular weight is 627 g/mol. The number of benzene rings is 2. The molecule has 0 saturated heterocycles. The van der Waals surface area contributed by atoms with E-state index in [1.54, 1.807) is 35.7 Å². The first-order chi connectivity index (χ1) is 21.0. The highest BCUT2D eigenvalue weighted by Gasteiger charge is 2.38. The third-order valence-corrected chi connectivity index (χ3v) is 7.44. The van der Waals surface area contributed by atoms with E-state index in [2.05, 4.69) is 31.7 Å². The number of carbonyl (C=O) groups excluding carboxylic acids is 1. The van der Waals surface area contributed by atoms with E-state index in [0.29, 0.717) is 30.2 Å². The van der Waals surface area contributed by atoms with Gasteiger partial charge in [-0.3, -0.25) is 4.79 Å². The van der Waals surface area contributed by atoms with Gasteiger partial charge in [0.2, 0.25) is 0 Å². The van der Waals surface area contributed by atoms with Crippen molar-refractivity contribution in [3.8, 4) is 10.4 Å². The van der Waals surface area contributed by atoms with Gasteiger partial charge in [-0.25, -0.2) is 24.1 Å². The van der Waals surface area contributed by atoms with Gasteiger partial charge in [-0.15, -0.1) is 11.3 Å². The van der Waals surface area contributed by atoms with E-state index in [-0.39, 0.29) is 17.8 Å². The molecule has 0 aliphatic rings. The molecular weight excluding hydrogens is 600 g/mol. The van der Waals surface area contributed by atoms with Gasteiger partial charge in [-0.05, 0) is 66.1 Å². The number of nitrogens with two attached hydrogens (primary N) is 1. The van der Waals surface area contributed by atoms with Crippen LogP contribution in [0.2, 0.25) is 0 Å². The number of hydrogen-bond donors (Lipinski definition) is 4. The predicted octanol–water partition coefficient (Wildman–Crippen LogP) is 6.60. The number of hydrogen-bond acceptors (Lipinski definition) is 8. The van der Waals surface area contributed by atoms with Gasteiger partial charge in [0.15, 0.2) is 0 Å². The van der Waals surface area contributed by atoms with E-state index in [4.69, 9.17) is 15.6 Å². The highest BCUT2D eigenvalue weighted by Crippen LogP contribution is 2.31. The number of fused-ring (bicyclic) bond motifs is 1. The van der Waals surface area contributed by atoms with Crippen molar-refractivity contribution in [2.45, 2.75) is 32.1 Å². The molecule has 0 aliphatic carbocycles. The van der Waals surface area contributed by atoms with Crippen molar-refractivity contribution in [2.24, 2.45) is 0 Å². The molecule has 228 valence electrons. The fourth-order valence-electron chi connectivity index (χ4n) is 4.14. The number of aromatic nitrogens is 3. The van der Waals surface area contributed by atoms with Gasteiger partial charge in [0.1, 0.15) is 23.8 Å². The number of nitrogens with one attached hydrogen (secondary N) is 2. The number of carbonyl (C=O) groups is 2. The summed E-state index contributed by atoms with van der Waals surface area (Å²) in [7, 11) is 0. The van der Waals surface area contributed by atoms with Crippen molar-refractivity contribution in [3.63, 3.8) is 0 Å². The summed E-state index contributed by atoms with van der Waals surface area (Å²) in [5.74, 6) is -2.42. The number of amides is 1. The summed E-state index contributed by atoms with van der Waals surface area (Å²) >= 11 is 1.64. The Morgan fingerprint density at radius 2 is 1.80 bits per heavy atom. The Bertz CT molecular complexity index is 1780. The molecular formula is C30H26F4N6O3S. The second-order valence-corrected chi connectivity index (χ2v) is 10.5. The zero-order valence-electron chi connectivity index (χ0n) is 23.1. The normalized spacial score (nSPS) is 11.8. The van der Waals surface area contributed by atoms with Crippen molar-refractivity contribution in [2.75, 3.05) is 11.1 Å². The molecule has 44 heavy (non-hydrogen) atoms. The van der Waals surface area contributed by atoms with E-state index in [1.165, 1.54) is 18.5 Å². The van der Waals surface area contributed by atoms with Gasteiger partial charge in [0.25, 0.3) is 5.91 Å². The van der Waals surface area contributed by atoms with Gasteiger partial charge in [-0.2, -0.15) is 13.2 Å². The van der Waals surface area contributed by atoms with Gasteiger partial charge in [0, 0.05) is 21.3 Å². The monoisotopic (exact) mass is 626 g/mol. The molecule has 9 nitrogen and oxygen atoms in total. The summed E-state index contributed by atoms with van der Waals surface area (Å²) in [6.45, 7) is 2.45. The molecule has 0 saturated carbocycles. The van der Waals surface area contributed by atoms with Gasteiger partial charge >= 0.3 is 12.1 Å². The van der Waals surface area contributed by atoms with E-state index >= 15 is 0 Å². The highest BCUT2D eigenvalue weighted by molar-refractivity contribution is 7.15. The van der Waals surface area contributed by atoms with Crippen molar-refractivity contribution < 1.29 is 32.3 Å². The molecule has 0 spiro atoms. The minimum absolute atomic E-state index is 0.269. The molecule has 5 N–H and O–H groups in total. The van der Waals surface area contributed by atoms with Crippen LogP contribution in [-0.4, -0.2) is 38.1 Å². The standard InChI is InChI=1S/C28H25FN6OS.C2HF3O2/c1-2-23(17-5-3-6-19(29)13-17)35-28(36)21-7-4-12-31-27(21)32-15-20-9-11-25(37-20)18-8-10-24-22(14-18)26(30)34-16-33-24;3-2(4,5)1(6)7/h3-14,16,23H,2,15H2,1H3,(H,31,32)(H,35,36)(H2,30,33,34);(H,6,7)/t23-;/m0./s1. The fraction of sp³-hybridized carbons (Fsp3) is 0.167. The van der Waals surface area contributed by atoms with E-state index in [1.807, 2.05) is 37.3 Å². The number of aliphatic carboxylic acids is 1. The molecule has 3 heterocycles. The van der Waals surface area contributed by atoms with Crippen LogP contribution in [0.4, 0.5) is 29.2 Å². The summed E-state index contributed by atoms with van der Waals surface area (Å²) in [5, 5.41) is 14.2. The molecule has 5 aromatic rings. The number of anilines is 2. The third-order valence-electron chi connectivity index (χ3n) is 6.30. The molecule has 1 atom stereocenters. The number of nitrogens with zero attached hydrogens (tertiary/aromatic N) is 3. The van der Waals surface area contributed by atoms with Crippen LogP contribution in [0.15, 0.2) is 79.3 Å². The zero-order valence-corrected chi connectivity index (χ0v) is 23.9. The summed E-state index contributed by atoms with van der Waals surface area (Å²) in [5.41, 5.74) is 9.02. The second-order valence-electron chi connectivity index (χ2n) is 9.30. The molecule has 0 radical (unpaired) electrons. The average Bonchev–Trinajstić information content (AvgIpc) is 3.48. The maximum atomic E-state index is 13.7. The minimum atomic E-state index is -5.08. The number of carboxylic acid groups (broad SMARTS) is 1. The Morgan fingerprint density at radius 1 is 1.02 bits per heavy atom. The third kappa shape index (κ3) is 8.04. The summed E-state index contributed by atoms with van der Waals surface area (Å²) in [6.07, 6.45) is -1.35. The zero-order chi connectivity index (χ0) is 31.9. The summed E-state index contributed by atoms with van der Waals surface area (Å²) < 4.78 is 45.4. The van der Waals surface area contributed by atoms with Crippen LogP contribution in [0.3, 0.4) is 0 Å². The van der Waals surface area contributed by atoms with Crippen molar-refractivity contribution in [1.82, 2.24) is 20.3 Å². The Morgan fingerprint density at radius 3 is 2.50 bits per heavy atom. The quantitative estimate of drug-likeness (QED) is 0.141. The smallest absolute Gasteiger partial charge is 0.475 e. The number of alkyl halides is 3. The van der Waals surface area contributed by atoms with Gasteiger partial charge in [0.05, 0.1) is 23.7 Å². The number of halogens is 4. The Labute approximate surface area is 252 Å².